The number of β-amino-alcohol motifs (C(OH)–C–C–N with tert-alkyl or cyclic N) is 1. The average Bonchev–Trinajstić information content (AvgIpc) is 2.90. The number of nitrogens with zero attached hydrogens (tertiary/aromatic N) is 3. The van der Waals surface area contributed by atoms with E-state index in [0.717, 1.165) is 43.2 Å². The number of aliphatic hydroxyl groups excluding tert-OH is 1. The Kier molecular flexibility index (Phi) is 5.33. The van der Waals surface area contributed by atoms with Crippen LogP contribution in [0.1, 0.15) is 35.6 Å². The number of aromatic nitrogens is 1. The zero-order chi connectivity index (χ0) is 17.1. The normalized spacial score (nSPS) is 21.1. The van der Waals surface area contributed by atoms with Gasteiger partial charge in [0.15, 0.2) is 0 Å². The van der Waals surface area contributed by atoms with Crippen LogP contribution in [-0.2, 0) is 6.54 Å². The van der Waals surface area contributed by atoms with Gasteiger partial charge in [-0.25, -0.2) is 0 Å². The third-order valence-corrected chi connectivity index (χ3v) is 5.00. The lowest BCUT2D eigenvalue weighted by Crippen LogP contribution is -2.52. The summed E-state index contributed by atoms with van der Waals surface area (Å²) in [5.74, 6) is 0.919. The summed E-state index contributed by atoms with van der Waals surface area (Å²) >= 11 is 0. The van der Waals surface area contributed by atoms with Gasteiger partial charge in [0, 0.05) is 44.3 Å². The average molecular weight is 329 g/mol. The van der Waals surface area contributed by atoms with Crippen LogP contribution in [-0.4, -0.2) is 52.3 Å². The van der Waals surface area contributed by atoms with E-state index in [9.17, 15) is 5.11 Å². The molecule has 24 heavy (non-hydrogen) atoms. The highest BCUT2D eigenvalue weighted by Crippen LogP contribution is 2.20. The zero-order valence-corrected chi connectivity index (χ0v) is 14.8. The van der Waals surface area contributed by atoms with Gasteiger partial charge in [-0.3, -0.25) is 9.80 Å². The second kappa shape index (κ2) is 7.47. The molecule has 1 N–H and O–H groups in total. The molecular weight excluding hydrogens is 302 g/mol. The topological polar surface area (TPSA) is 52.7 Å². The summed E-state index contributed by atoms with van der Waals surface area (Å²) in [7, 11) is 0. The fourth-order valence-electron chi connectivity index (χ4n) is 3.44. The molecule has 0 unspecified atom stereocenters. The quantitative estimate of drug-likeness (QED) is 0.913. The molecule has 2 atom stereocenters. The van der Waals surface area contributed by atoms with E-state index in [-0.39, 0.29) is 0 Å². The Hall–Kier alpha value is -1.69. The van der Waals surface area contributed by atoms with Gasteiger partial charge in [0.25, 0.3) is 0 Å². The first-order chi connectivity index (χ1) is 11.5. The Morgan fingerprint density at radius 3 is 2.62 bits per heavy atom. The molecule has 1 fully saturated rings. The van der Waals surface area contributed by atoms with Crippen molar-refractivity contribution >= 4 is 0 Å². The lowest BCUT2D eigenvalue weighted by Gasteiger charge is -2.40. The summed E-state index contributed by atoms with van der Waals surface area (Å²) in [6, 6.07) is 10.3. The van der Waals surface area contributed by atoms with Crippen molar-refractivity contribution in [2.24, 2.45) is 0 Å². The number of hydrogen-bond acceptors (Lipinski definition) is 5. The molecule has 1 aliphatic rings. The molecule has 1 aromatic heterocycles. The summed E-state index contributed by atoms with van der Waals surface area (Å²) in [5.41, 5.74) is 3.19. The van der Waals surface area contributed by atoms with Gasteiger partial charge >= 0.3 is 0 Å². The van der Waals surface area contributed by atoms with E-state index in [2.05, 4.69) is 21.9 Å². The van der Waals surface area contributed by atoms with Crippen molar-refractivity contribution in [3.63, 3.8) is 0 Å². The zero-order valence-electron chi connectivity index (χ0n) is 14.8. The summed E-state index contributed by atoms with van der Waals surface area (Å²) in [6.07, 6.45) is -0.428. The van der Waals surface area contributed by atoms with Crippen molar-refractivity contribution in [2.45, 2.75) is 39.5 Å². The highest BCUT2D eigenvalue weighted by Gasteiger charge is 2.26. The van der Waals surface area contributed by atoms with E-state index < -0.39 is 6.10 Å². The molecule has 1 saturated heterocycles. The maximum absolute atomic E-state index is 10.5. The molecule has 3 rings (SSSR count). The van der Waals surface area contributed by atoms with Crippen LogP contribution in [0.5, 0.6) is 0 Å². The van der Waals surface area contributed by atoms with E-state index >= 15 is 0 Å². The minimum atomic E-state index is -0.428. The Bertz CT molecular complexity index is 636. The number of aliphatic hydroxyl groups is 1. The summed E-state index contributed by atoms with van der Waals surface area (Å²) in [4.78, 5) is 4.82. The van der Waals surface area contributed by atoms with Gasteiger partial charge in [0.1, 0.15) is 5.76 Å². The maximum Gasteiger partial charge on any atom is 0.138 e. The van der Waals surface area contributed by atoms with Crippen molar-refractivity contribution in [3.8, 4) is 0 Å². The van der Waals surface area contributed by atoms with Crippen LogP contribution in [0.2, 0.25) is 0 Å². The van der Waals surface area contributed by atoms with Gasteiger partial charge < -0.3 is 9.63 Å². The number of hydrogen-bond donors (Lipinski definition) is 1. The Balaban J connectivity index is 1.55. The summed E-state index contributed by atoms with van der Waals surface area (Å²) < 4.78 is 5.27. The van der Waals surface area contributed by atoms with E-state index in [1.165, 1.54) is 5.56 Å². The Morgan fingerprint density at radius 1 is 1.25 bits per heavy atom. The van der Waals surface area contributed by atoms with Crippen LogP contribution >= 0.6 is 0 Å². The standard InChI is InChI=1S/C19H27N3O2/c1-14-11-21(12-18-15(2)20-24-16(18)3)9-10-22(14)13-19(23)17-7-5-4-6-8-17/h4-8,14,19,23H,9-13H2,1-3H3/t14-,19-/m1/s1. The molecule has 1 aliphatic heterocycles. The highest BCUT2D eigenvalue weighted by molar-refractivity contribution is 5.21. The second-order valence-electron chi connectivity index (χ2n) is 6.81. The molecule has 5 nitrogen and oxygen atoms in total. The van der Waals surface area contributed by atoms with Crippen molar-refractivity contribution in [1.82, 2.24) is 15.0 Å². The predicted molar refractivity (Wildman–Crippen MR) is 93.7 cm³/mol. The van der Waals surface area contributed by atoms with Crippen LogP contribution in [0.3, 0.4) is 0 Å². The van der Waals surface area contributed by atoms with Gasteiger partial charge in [-0.05, 0) is 26.3 Å². The molecule has 1 aromatic carbocycles. The minimum Gasteiger partial charge on any atom is -0.387 e. The smallest absolute Gasteiger partial charge is 0.138 e. The maximum atomic E-state index is 10.5. The molecule has 0 radical (unpaired) electrons. The Morgan fingerprint density at radius 2 is 2.00 bits per heavy atom. The molecule has 5 heteroatoms. The van der Waals surface area contributed by atoms with Gasteiger partial charge in [-0.1, -0.05) is 35.5 Å². The number of piperazine rings is 1. The van der Waals surface area contributed by atoms with Crippen LogP contribution in [0.15, 0.2) is 34.9 Å². The minimum absolute atomic E-state index is 0.414. The summed E-state index contributed by atoms with van der Waals surface area (Å²) in [6.45, 7) is 10.7. The Labute approximate surface area is 143 Å². The second-order valence-corrected chi connectivity index (χ2v) is 6.81. The first-order valence-electron chi connectivity index (χ1n) is 8.65. The van der Waals surface area contributed by atoms with Crippen molar-refractivity contribution < 1.29 is 9.63 Å². The van der Waals surface area contributed by atoms with Crippen LogP contribution in [0.25, 0.3) is 0 Å². The SMILES string of the molecule is Cc1noc(C)c1CN1CCN(C[C@@H](O)c2ccccc2)[C@H](C)C1. The fraction of sp³-hybridized carbons (Fsp3) is 0.526. The van der Waals surface area contributed by atoms with Crippen LogP contribution in [0, 0.1) is 13.8 Å². The molecular formula is C19H27N3O2. The summed E-state index contributed by atoms with van der Waals surface area (Å²) in [5, 5.41) is 14.5. The monoisotopic (exact) mass is 329 g/mol. The first kappa shape index (κ1) is 17.1. The highest BCUT2D eigenvalue weighted by atomic mass is 16.5. The van der Waals surface area contributed by atoms with E-state index in [0.29, 0.717) is 12.6 Å². The number of rotatable bonds is 5. The third-order valence-electron chi connectivity index (χ3n) is 5.00. The molecule has 0 amide bonds. The number of aryl methyl sites for hydroxylation is 2. The van der Waals surface area contributed by atoms with Crippen LogP contribution in [0.4, 0.5) is 0 Å². The molecule has 0 spiro atoms. The van der Waals surface area contributed by atoms with E-state index in [1.807, 2.05) is 44.2 Å². The van der Waals surface area contributed by atoms with Gasteiger partial charge in [-0.15, -0.1) is 0 Å². The van der Waals surface area contributed by atoms with E-state index in [1.54, 1.807) is 0 Å². The van der Waals surface area contributed by atoms with Crippen LogP contribution < -0.4 is 0 Å². The van der Waals surface area contributed by atoms with Crippen molar-refractivity contribution in [2.75, 3.05) is 26.2 Å². The largest absolute Gasteiger partial charge is 0.387 e. The van der Waals surface area contributed by atoms with Gasteiger partial charge in [0.05, 0.1) is 11.8 Å². The van der Waals surface area contributed by atoms with Gasteiger partial charge in [-0.2, -0.15) is 0 Å². The van der Waals surface area contributed by atoms with E-state index in [4.69, 9.17) is 4.52 Å². The first-order valence-corrected chi connectivity index (χ1v) is 8.65. The van der Waals surface area contributed by atoms with Crippen molar-refractivity contribution in [1.29, 1.82) is 0 Å². The van der Waals surface area contributed by atoms with Gasteiger partial charge in [0.2, 0.25) is 0 Å². The lowest BCUT2D eigenvalue weighted by atomic mass is 10.1. The molecule has 130 valence electrons. The molecule has 0 bridgehead atoms. The third kappa shape index (κ3) is 3.86. The molecule has 0 saturated carbocycles. The van der Waals surface area contributed by atoms with Crippen molar-refractivity contribution in [3.05, 3.63) is 52.9 Å². The molecule has 2 heterocycles. The lowest BCUT2D eigenvalue weighted by molar-refractivity contribution is 0.0360. The molecule has 2 aromatic rings. The molecule has 0 aliphatic carbocycles. The number of benzene rings is 1. The fourth-order valence-corrected chi connectivity index (χ4v) is 3.44. The predicted octanol–water partition coefficient (Wildman–Crippen LogP) is 2.53.